The molecule has 8 heteroatoms. The second-order valence-electron chi connectivity index (χ2n) is 7.06. The van der Waals surface area contributed by atoms with Crippen molar-refractivity contribution in [3.8, 4) is 5.75 Å². The van der Waals surface area contributed by atoms with Crippen LogP contribution < -0.4 is 9.64 Å². The van der Waals surface area contributed by atoms with Crippen LogP contribution in [0.2, 0.25) is 0 Å². The molecule has 3 aromatic rings. The molecular weight excluding hydrogens is 370 g/mol. The van der Waals surface area contributed by atoms with Gasteiger partial charge >= 0.3 is 0 Å². The molecule has 0 atom stereocenters. The molecule has 0 bridgehead atoms. The maximum atomic E-state index is 12.7. The number of hydrogen-bond acceptors (Lipinski definition) is 7. The van der Waals surface area contributed by atoms with Crippen molar-refractivity contribution in [2.45, 2.75) is 20.5 Å². The Bertz CT molecular complexity index is 981. The summed E-state index contributed by atoms with van der Waals surface area (Å²) in [4.78, 5) is 25.1. The van der Waals surface area contributed by atoms with Gasteiger partial charge in [-0.25, -0.2) is 9.97 Å². The highest BCUT2D eigenvalue weighted by atomic mass is 16.5. The summed E-state index contributed by atoms with van der Waals surface area (Å²) in [6, 6.07) is 9.47. The van der Waals surface area contributed by atoms with Crippen molar-refractivity contribution in [1.82, 2.24) is 20.0 Å². The van der Waals surface area contributed by atoms with E-state index in [2.05, 4.69) is 20.0 Å². The van der Waals surface area contributed by atoms with Gasteiger partial charge in [0, 0.05) is 44.6 Å². The standard InChI is InChI=1S/C21H23N5O3/c1-15-4-5-16(2)19(12-15)28-14-17-13-18(24-29-17)20(27)25-8-10-26(11-9-25)21-22-6-3-7-23-21/h3-7,12-13H,8-11,14H2,1-2H3. The molecule has 1 aliphatic heterocycles. The van der Waals surface area contributed by atoms with Gasteiger partial charge in [0.05, 0.1) is 0 Å². The predicted molar refractivity (Wildman–Crippen MR) is 107 cm³/mol. The van der Waals surface area contributed by atoms with Crippen LogP contribution in [0.3, 0.4) is 0 Å². The minimum atomic E-state index is -0.139. The van der Waals surface area contributed by atoms with E-state index in [1.165, 1.54) is 0 Å². The maximum Gasteiger partial charge on any atom is 0.276 e. The second kappa shape index (κ2) is 8.30. The van der Waals surface area contributed by atoms with E-state index in [0.29, 0.717) is 43.6 Å². The Kier molecular flexibility index (Phi) is 5.41. The van der Waals surface area contributed by atoms with Gasteiger partial charge in [-0.05, 0) is 37.1 Å². The molecule has 1 fully saturated rings. The molecule has 0 aliphatic carbocycles. The fraction of sp³-hybridized carbons (Fsp3) is 0.333. The highest BCUT2D eigenvalue weighted by molar-refractivity contribution is 5.92. The molecule has 0 unspecified atom stereocenters. The smallest absolute Gasteiger partial charge is 0.276 e. The van der Waals surface area contributed by atoms with E-state index in [1.807, 2.05) is 32.0 Å². The van der Waals surface area contributed by atoms with Gasteiger partial charge < -0.3 is 19.1 Å². The summed E-state index contributed by atoms with van der Waals surface area (Å²) in [5.41, 5.74) is 2.47. The predicted octanol–water partition coefficient (Wildman–Crippen LogP) is 2.62. The van der Waals surface area contributed by atoms with E-state index in [1.54, 1.807) is 29.4 Å². The monoisotopic (exact) mass is 393 g/mol. The summed E-state index contributed by atoms with van der Waals surface area (Å²) in [5.74, 6) is 1.87. The van der Waals surface area contributed by atoms with E-state index in [-0.39, 0.29) is 12.5 Å². The van der Waals surface area contributed by atoms with Gasteiger partial charge in [-0.15, -0.1) is 0 Å². The molecule has 4 rings (SSSR count). The maximum absolute atomic E-state index is 12.7. The van der Waals surface area contributed by atoms with Gasteiger partial charge in [-0.2, -0.15) is 0 Å². The van der Waals surface area contributed by atoms with E-state index in [0.717, 1.165) is 16.9 Å². The highest BCUT2D eigenvalue weighted by Crippen LogP contribution is 2.21. The molecule has 2 aromatic heterocycles. The van der Waals surface area contributed by atoms with Crippen LogP contribution in [-0.2, 0) is 6.61 Å². The molecule has 150 valence electrons. The zero-order valence-corrected chi connectivity index (χ0v) is 16.5. The van der Waals surface area contributed by atoms with Crippen molar-refractivity contribution in [2.24, 2.45) is 0 Å². The summed E-state index contributed by atoms with van der Waals surface area (Å²) in [6.07, 6.45) is 3.44. The average Bonchev–Trinajstić information content (AvgIpc) is 3.24. The van der Waals surface area contributed by atoms with E-state index < -0.39 is 0 Å². The lowest BCUT2D eigenvalue weighted by molar-refractivity contribution is 0.0735. The van der Waals surface area contributed by atoms with Crippen molar-refractivity contribution in [1.29, 1.82) is 0 Å². The Balaban J connectivity index is 1.33. The van der Waals surface area contributed by atoms with Gasteiger partial charge in [-0.1, -0.05) is 17.3 Å². The minimum absolute atomic E-state index is 0.139. The van der Waals surface area contributed by atoms with Crippen LogP contribution in [-0.4, -0.2) is 52.1 Å². The summed E-state index contributed by atoms with van der Waals surface area (Å²) in [5, 5.41) is 3.94. The quantitative estimate of drug-likeness (QED) is 0.659. The fourth-order valence-electron chi connectivity index (χ4n) is 3.22. The Morgan fingerprint density at radius 3 is 2.62 bits per heavy atom. The largest absolute Gasteiger partial charge is 0.485 e. The number of piperazine rings is 1. The SMILES string of the molecule is Cc1ccc(C)c(OCc2cc(C(=O)N3CCN(c4ncccn4)CC3)no2)c1. The number of benzene rings is 1. The molecule has 3 heterocycles. The van der Waals surface area contributed by atoms with Crippen LogP contribution in [0, 0.1) is 13.8 Å². The van der Waals surface area contributed by atoms with Crippen molar-refractivity contribution in [3.05, 3.63) is 65.3 Å². The van der Waals surface area contributed by atoms with Crippen molar-refractivity contribution >= 4 is 11.9 Å². The Morgan fingerprint density at radius 2 is 1.86 bits per heavy atom. The van der Waals surface area contributed by atoms with Gasteiger partial charge in [0.25, 0.3) is 5.91 Å². The number of rotatable bonds is 5. The van der Waals surface area contributed by atoms with E-state index in [9.17, 15) is 4.79 Å². The van der Waals surface area contributed by atoms with Crippen molar-refractivity contribution in [3.63, 3.8) is 0 Å². The lowest BCUT2D eigenvalue weighted by Crippen LogP contribution is -2.49. The average molecular weight is 393 g/mol. The zero-order valence-electron chi connectivity index (χ0n) is 16.5. The zero-order chi connectivity index (χ0) is 20.2. The topological polar surface area (TPSA) is 84.6 Å². The number of carbonyl (C=O) groups is 1. The van der Waals surface area contributed by atoms with Crippen LogP contribution in [0.25, 0.3) is 0 Å². The van der Waals surface area contributed by atoms with Gasteiger partial charge in [0.1, 0.15) is 12.4 Å². The number of carbonyl (C=O) groups excluding carboxylic acids is 1. The van der Waals surface area contributed by atoms with Crippen LogP contribution in [0.4, 0.5) is 5.95 Å². The minimum Gasteiger partial charge on any atom is -0.485 e. The van der Waals surface area contributed by atoms with Crippen LogP contribution >= 0.6 is 0 Å². The molecule has 0 spiro atoms. The fourth-order valence-corrected chi connectivity index (χ4v) is 3.22. The molecule has 0 saturated carbocycles. The summed E-state index contributed by atoms with van der Waals surface area (Å²) < 4.78 is 11.1. The third-order valence-corrected chi connectivity index (χ3v) is 4.89. The first-order valence-corrected chi connectivity index (χ1v) is 9.57. The Hall–Kier alpha value is -3.42. The number of aromatic nitrogens is 3. The summed E-state index contributed by atoms with van der Waals surface area (Å²) >= 11 is 0. The first kappa shape index (κ1) is 18.9. The molecule has 8 nitrogen and oxygen atoms in total. The third-order valence-electron chi connectivity index (χ3n) is 4.89. The molecule has 1 saturated heterocycles. The first-order chi connectivity index (χ1) is 14.1. The lowest BCUT2D eigenvalue weighted by atomic mass is 10.1. The van der Waals surface area contributed by atoms with Crippen LogP contribution in [0.15, 0.2) is 47.2 Å². The molecular formula is C21H23N5O3. The van der Waals surface area contributed by atoms with Crippen molar-refractivity contribution in [2.75, 3.05) is 31.1 Å². The third kappa shape index (κ3) is 4.37. The van der Waals surface area contributed by atoms with E-state index >= 15 is 0 Å². The number of hydrogen-bond donors (Lipinski definition) is 0. The number of amides is 1. The van der Waals surface area contributed by atoms with Crippen molar-refractivity contribution < 1.29 is 14.1 Å². The Morgan fingerprint density at radius 1 is 1.10 bits per heavy atom. The number of ether oxygens (including phenoxy) is 1. The lowest BCUT2D eigenvalue weighted by Gasteiger charge is -2.34. The second-order valence-corrected chi connectivity index (χ2v) is 7.06. The number of anilines is 1. The molecule has 0 radical (unpaired) electrons. The van der Waals surface area contributed by atoms with E-state index in [4.69, 9.17) is 9.26 Å². The molecule has 0 N–H and O–H groups in total. The summed E-state index contributed by atoms with van der Waals surface area (Å²) in [6.45, 7) is 6.75. The van der Waals surface area contributed by atoms with Gasteiger partial charge in [0.2, 0.25) is 5.95 Å². The molecule has 1 amide bonds. The molecule has 1 aliphatic rings. The molecule has 1 aromatic carbocycles. The molecule has 29 heavy (non-hydrogen) atoms. The summed E-state index contributed by atoms with van der Waals surface area (Å²) in [7, 11) is 0. The number of nitrogens with zero attached hydrogens (tertiary/aromatic N) is 5. The van der Waals surface area contributed by atoms with Gasteiger partial charge in [-0.3, -0.25) is 4.79 Å². The Labute approximate surface area is 169 Å². The first-order valence-electron chi connectivity index (χ1n) is 9.57. The number of aryl methyl sites for hydroxylation is 2. The van der Waals surface area contributed by atoms with Gasteiger partial charge in [0.15, 0.2) is 11.5 Å². The van der Waals surface area contributed by atoms with Crippen LogP contribution in [0.5, 0.6) is 5.75 Å². The van der Waals surface area contributed by atoms with Crippen LogP contribution in [0.1, 0.15) is 27.4 Å². The highest BCUT2D eigenvalue weighted by Gasteiger charge is 2.25. The normalized spacial score (nSPS) is 14.1.